The number of carbonyl (C=O) groups excluding carboxylic acids is 1. The third-order valence-electron chi connectivity index (χ3n) is 0.749. The molecule has 0 aliphatic heterocycles. The maximum absolute atomic E-state index is 10.7. The van der Waals surface area contributed by atoms with Gasteiger partial charge in [-0.25, -0.2) is 0 Å². The van der Waals surface area contributed by atoms with E-state index in [1.54, 1.807) is 6.08 Å². The molecule has 0 aromatic heterocycles. The summed E-state index contributed by atoms with van der Waals surface area (Å²) in [6, 6.07) is 0.230. The van der Waals surface area contributed by atoms with Gasteiger partial charge in [-0.3, -0.25) is 4.79 Å². The molecule has 78 valence electrons. The average molecular weight is 185 g/mol. The van der Waals surface area contributed by atoms with Crippen LogP contribution in [0.25, 0.3) is 0 Å². The SMILES string of the molecule is C/C=C/C(=O)NC(C)C.CC(C)C. The Labute approximate surface area is 82.4 Å². The van der Waals surface area contributed by atoms with Crippen LogP contribution in [0.1, 0.15) is 41.5 Å². The number of hydrogen-bond donors (Lipinski definition) is 1. The minimum absolute atomic E-state index is 0.0208. The highest BCUT2D eigenvalue weighted by molar-refractivity contribution is 5.87. The van der Waals surface area contributed by atoms with Crippen molar-refractivity contribution >= 4 is 5.91 Å². The van der Waals surface area contributed by atoms with Crippen molar-refractivity contribution in [3.63, 3.8) is 0 Å². The maximum atomic E-state index is 10.7. The van der Waals surface area contributed by atoms with E-state index in [9.17, 15) is 4.79 Å². The van der Waals surface area contributed by atoms with E-state index < -0.39 is 0 Å². The number of hydrogen-bond acceptors (Lipinski definition) is 1. The topological polar surface area (TPSA) is 29.1 Å². The Hall–Kier alpha value is -0.790. The van der Waals surface area contributed by atoms with Crippen LogP contribution >= 0.6 is 0 Å². The van der Waals surface area contributed by atoms with E-state index in [1.165, 1.54) is 6.08 Å². The second-order valence-corrected chi connectivity index (χ2v) is 3.90. The highest BCUT2D eigenvalue weighted by Gasteiger charge is 1.94. The van der Waals surface area contributed by atoms with E-state index in [0.717, 1.165) is 5.92 Å². The van der Waals surface area contributed by atoms with E-state index in [1.807, 2.05) is 20.8 Å². The van der Waals surface area contributed by atoms with Crippen LogP contribution in [0.5, 0.6) is 0 Å². The first kappa shape index (κ1) is 14.7. The van der Waals surface area contributed by atoms with Crippen LogP contribution in [-0.4, -0.2) is 11.9 Å². The van der Waals surface area contributed by atoms with E-state index >= 15 is 0 Å². The van der Waals surface area contributed by atoms with Crippen LogP contribution in [0.4, 0.5) is 0 Å². The molecule has 0 saturated heterocycles. The Balaban J connectivity index is 0. The fraction of sp³-hybridized carbons (Fsp3) is 0.727. The zero-order valence-electron chi connectivity index (χ0n) is 9.72. The second-order valence-electron chi connectivity index (χ2n) is 3.90. The number of rotatable bonds is 2. The van der Waals surface area contributed by atoms with E-state index in [0.29, 0.717) is 0 Å². The van der Waals surface area contributed by atoms with Gasteiger partial charge in [0.15, 0.2) is 0 Å². The van der Waals surface area contributed by atoms with Crippen molar-refractivity contribution < 1.29 is 4.79 Å². The Morgan fingerprint density at radius 1 is 1.15 bits per heavy atom. The lowest BCUT2D eigenvalue weighted by Gasteiger charge is -2.03. The number of carbonyl (C=O) groups is 1. The second kappa shape index (κ2) is 9.30. The molecule has 0 saturated carbocycles. The van der Waals surface area contributed by atoms with Crippen molar-refractivity contribution in [3.8, 4) is 0 Å². The van der Waals surface area contributed by atoms with Crippen molar-refractivity contribution in [1.82, 2.24) is 5.32 Å². The molecule has 1 N–H and O–H groups in total. The predicted molar refractivity (Wildman–Crippen MR) is 58.6 cm³/mol. The molecule has 0 aliphatic rings. The predicted octanol–water partition coefficient (Wildman–Crippen LogP) is 2.75. The van der Waals surface area contributed by atoms with Gasteiger partial charge in [0.05, 0.1) is 0 Å². The largest absolute Gasteiger partial charge is 0.350 e. The average Bonchev–Trinajstić information content (AvgIpc) is 1.83. The zero-order valence-corrected chi connectivity index (χ0v) is 9.72. The summed E-state index contributed by atoms with van der Waals surface area (Å²) >= 11 is 0. The molecule has 0 aromatic carbocycles. The molecule has 13 heavy (non-hydrogen) atoms. The van der Waals surface area contributed by atoms with Crippen LogP contribution in [0.15, 0.2) is 12.2 Å². The molecular weight excluding hydrogens is 162 g/mol. The first-order valence-corrected chi connectivity index (χ1v) is 4.83. The summed E-state index contributed by atoms with van der Waals surface area (Å²) < 4.78 is 0. The van der Waals surface area contributed by atoms with Crippen molar-refractivity contribution in [2.24, 2.45) is 5.92 Å². The van der Waals surface area contributed by atoms with E-state index in [-0.39, 0.29) is 11.9 Å². The smallest absolute Gasteiger partial charge is 0.243 e. The Morgan fingerprint density at radius 2 is 1.54 bits per heavy atom. The molecule has 0 rings (SSSR count). The fourth-order valence-electron chi connectivity index (χ4n) is 0.484. The third-order valence-corrected chi connectivity index (χ3v) is 0.749. The maximum Gasteiger partial charge on any atom is 0.243 e. The summed E-state index contributed by atoms with van der Waals surface area (Å²) in [5.41, 5.74) is 0. The van der Waals surface area contributed by atoms with Gasteiger partial charge in [0.1, 0.15) is 0 Å². The fourth-order valence-corrected chi connectivity index (χ4v) is 0.484. The van der Waals surface area contributed by atoms with Crippen LogP contribution < -0.4 is 5.32 Å². The standard InChI is InChI=1S/C7H13NO.C4H10/c1-4-5-7(9)8-6(2)3;1-4(2)3/h4-6H,1-3H3,(H,8,9);4H,1-3H3/b5-4+;. The van der Waals surface area contributed by atoms with Gasteiger partial charge in [-0.2, -0.15) is 0 Å². The zero-order chi connectivity index (χ0) is 10.9. The van der Waals surface area contributed by atoms with Crippen molar-refractivity contribution in [2.75, 3.05) is 0 Å². The molecule has 0 aromatic rings. The molecule has 0 fully saturated rings. The van der Waals surface area contributed by atoms with Crippen molar-refractivity contribution in [1.29, 1.82) is 0 Å². The summed E-state index contributed by atoms with van der Waals surface area (Å²) in [6.45, 7) is 12.2. The summed E-state index contributed by atoms with van der Waals surface area (Å²) in [5, 5.41) is 2.72. The molecule has 1 amide bonds. The van der Waals surface area contributed by atoms with Gasteiger partial charge in [0.2, 0.25) is 5.91 Å². The van der Waals surface area contributed by atoms with Crippen molar-refractivity contribution in [2.45, 2.75) is 47.6 Å². The minimum Gasteiger partial charge on any atom is -0.350 e. The normalized spacial score (nSPS) is 10.2. The molecule has 0 bridgehead atoms. The lowest BCUT2D eigenvalue weighted by molar-refractivity contribution is -0.116. The number of allylic oxidation sites excluding steroid dienone is 1. The summed E-state index contributed by atoms with van der Waals surface area (Å²) in [7, 11) is 0. The lowest BCUT2D eigenvalue weighted by Crippen LogP contribution is -2.28. The van der Waals surface area contributed by atoms with E-state index in [2.05, 4.69) is 26.1 Å². The van der Waals surface area contributed by atoms with E-state index in [4.69, 9.17) is 0 Å². The Kier molecular flexibility index (Phi) is 10.5. The number of amides is 1. The van der Waals surface area contributed by atoms with Gasteiger partial charge >= 0.3 is 0 Å². The van der Waals surface area contributed by atoms with Gasteiger partial charge in [0, 0.05) is 6.04 Å². The van der Waals surface area contributed by atoms with Gasteiger partial charge in [0.25, 0.3) is 0 Å². The molecule has 2 heteroatoms. The van der Waals surface area contributed by atoms with Gasteiger partial charge < -0.3 is 5.32 Å². The first-order valence-electron chi connectivity index (χ1n) is 4.83. The highest BCUT2D eigenvalue weighted by atomic mass is 16.1. The molecule has 0 unspecified atom stereocenters. The molecule has 0 atom stereocenters. The molecule has 2 nitrogen and oxygen atoms in total. The van der Waals surface area contributed by atoms with Crippen LogP contribution in [0.2, 0.25) is 0 Å². The molecule has 0 radical (unpaired) electrons. The minimum atomic E-state index is -0.0208. The van der Waals surface area contributed by atoms with Crippen molar-refractivity contribution in [3.05, 3.63) is 12.2 Å². The van der Waals surface area contributed by atoms with Gasteiger partial charge in [-0.15, -0.1) is 0 Å². The van der Waals surface area contributed by atoms with Crippen LogP contribution in [0.3, 0.4) is 0 Å². The molecule has 0 spiro atoms. The Bertz CT molecular complexity index is 145. The monoisotopic (exact) mass is 185 g/mol. The summed E-state index contributed by atoms with van der Waals surface area (Å²) in [5.74, 6) is 0.813. The summed E-state index contributed by atoms with van der Waals surface area (Å²) in [4.78, 5) is 10.7. The highest BCUT2D eigenvalue weighted by Crippen LogP contribution is 1.81. The van der Waals surface area contributed by atoms with Gasteiger partial charge in [-0.05, 0) is 32.8 Å². The van der Waals surface area contributed by atoms with Crippen LogP contribution in [0, 0.1) is 5.92 Å². The summed E-state index contributed by atoms with van der Waals surface area (Å²) in [6.07, 6.45) is 3.23. The quantitative estimate of drug-likeness (QED) is 0.658. The lowest BCUT2D eigenvalue weighted by atomic mass is 10.3. The first-order chi connectivity index (χ1) is 5.90. The third kappa shape index (κ3) is 24.7. The van der Waals surface area contributed by atoms with Gasteiger partial charge in [-0.1, -0.05) is 26.8 Å². The molecular formula is C11H23NO. The van der Waals surface area contributed by atoms with Crippen LogP contribution in [-0.2, 0) is 4.79 Å². The molecule has 0 aliphatic carbocycles. The Morgan fingerprint density at radius 3 is 1.77 bits per heavy atom. The number of nitrogens with one attached hydrogen (secondary N) is 1. The molecule has 0 heterocycles.